The van der Waals surface area contributed by atoms with Crippen molar-refractivity contribution in [1.82, 2.24) is 29.5 Å². The van der Waals surface area contributed by atoms with Crippen LogP contribution in [0.25, 0.3) is 55.3 Å². The van der Waals surface area contributed by atoms with Crippen LogP contribution in [0.5, 0.6) is 0 Å². The van der Waals surface area contributed by atoms with Crippen LogP contribution < -0.4 is 11.2 Å². The third kappa shape index (κ3) is 3.77. The zero-order valence-corrected chi connectivity index (χ0v) is 22.8. The molecular formula is C31H23F2N7O2. The van der Waals surface area contributed by atoms with Gasteiger partial charge in [0.25, 0.3) is 0 Å². The van der Waals surface area contributed by atoms with E-state index in [0.29, 0.717) is 16.7 Å². The number of aryl methyl sites for hydroxylation is 2. The maximum absolute atomic E-state index is 14.9. The van der Waals surface area contributed by atoms with Crippen LogP contribution in [0.1, 0.15) is 24.4 Å². The van der Waals surface area contributed by atoms with Gasteiger partial charge in [0.15, 0.2) is 5.65 Å². The maximum atomic E-state index is 14.9. The lowest BCUT2D eigenvalue weighted by Crippen LogP contribution is -2.17. The molecule has 9 nitrogen and oxygen atoms in total. The van der Waals surface area contributed by atoms with Crippen LogP contribution in [0.3, 0.4) is 0 Å². The Kier molecular flexibility index (Phi) is 5.65. The fraction of sp³-hybridized carbons (Fsp3) is 0.129. The van der Waals surface area contributed by atoms with E-state index in [1.165, 1.54) is 42.7 Å². The second-order valence-corrected chi connectivity index (χ2v) is 10.2. The highest BCUT2D eigenvalue weighted by Crippen LogP contribution is 2.37. The SMILES string of the molecule is Cc1nn(C)c2cc(-c3nn(C(C)c4oc5cccc(F)c5c(=O)c4-c4cccc(F)c4)c4ncnc(N)c34)ccc12. The molecular weight excluding hydrogens is 540 g/mol. The fourth-order valence-corrected chi connectivity index (χ4v) is 5.59. The molecule has 0 amide bonds. The number of anilines is 1. The summed E-state index contributed by atoms with van der Waals surface area (Å²) in [6, 6.07) is 14.8. The molecule has 208 valence electrons. The molecule has 7 rings (SSSR count). The van der Waals surface area contributed by atoms with Crippen molar-refractivity contribution in [3.63, 3.8) is 0 Å². The minimum Gasteiger partial charge on any atom is -0.458 e. The van der Waals surface area contributed by atoms with Gasteiger partial charge < -0.3 is 10.2 Å². The van der Waals surface area contributed by atoms with Crippen LogP contribution in [-0.4, -0.2) is 29.5 Å². The van der Waals surface area contributed by atoms with Gasteiger partial charge in [-0.05, 0) is 49.7 Å². The van der Waals surface area contributed by atoms with E-state index in [0.717, 1.165) is 22.2 Å². The number of nitrogens with two attached hydrogens (primary N) is 1. The second kappa shape index (κ2) is 9.30. The van der Waals surface area contributed by atoms with Gasteiger partial charge in [-0.15, -0.1) is 0 Å². The predicted octanol–water partition coefficient (Wildman–Crippen LogP) is 5.93. The van der Waals surface area contributed by atoms with Gasteiger partial charge in [-0.1, -0.05) is 30.3 Å². The lowest BCUT2D eigenvalue weighted by atomic mass is 9.99. The van der Waals surface area contributed by atoms with Crippen LogP contribution in [0.4, 0.5) is 14.6 Å². The molecule has 1 unspecified atom stereocenters. The molecule has 4 heterocycles. The van der Waals surface area contributed by atoms with E-state index in [9.17, 15) is 13.6 Å². The van der Waals surface area contributed by atoms with E-state index < -0.39 is 23.1 Å². The predicted molar refractivity (Wildman–Crippen MR) is 156 cm³/mol. The van der Waals surface area contributed by atoms with E-state index in [-0.39, 0.29) is 33.7 Å². The zero-order valence-electron chi connectivity index (χ0n) is 22.8. The number of nitrogen functional groups attached to an aromatic ring is 1. The number of hydrogen-bond donors (Lipinski definition) is 1. The number of halogens is 2. The first-order valence-corrected chi connectivity index (χ1v) is 13.2. The lowest BCUT2D eigenvalue weighted by molar-refractivity contribution is 0.445. The average molecular weight is 564 g/mol. The molecule has 0 fully saturated rings. The van der Waals surface area contributed by atoms with Crippen molar-refractivity contribution in [3.8, 4) is 22.4 Å². The highest BCUT2D eigenvalue weighted by Gasteiger charge is 2.28. The first-order chi connectivity index (χ1) is 20.2. The van der Waals surface area contributed by atoms with Crippen LogP contribution in [0.2, 0.25) is 0 Å². The van der Waals surface area contributed by atoms with Crippen molar-refractivity contribution in [2.45, 2.75) is 19.9 Å². The normalized spacial score (nSPS) is 12.5. The van der Waals surface area contributed by atoms with Gasteiger partial charge in [-0.2, -0.15) is 10.2 Å². The largest absolute Gasteiger partial charge is 0.458 e. The minimum atomic E-state index is -0.753. The molecule has 0 aliphatic rings. The summed E-state index contributed by atoms with van der Waals surface area (Å²) >= 11 is 0. The second-order valence-electron chi connectivity index (χ2n) is 10.2. The smallest absolute Gasteiger partial charge is 0.203 e. The number of hydrogen-bond acceptors (Lipinski definition) is 7. The summed E-state index contributed by atoms with van der Waals surface area (Å²) in [6.45, 7) is 3.72. The van der Waals surface area contributed by atoms with E-state index in [1.807, 2.05) is 32.2 Å². The Morgan fingerprint density at radius 3 is 2.57 bits per heavy atom. The molecule has 0 saturated carbocycles. The number of nitrogens with zero attached hydrogens (tertiary/aromatic N) is 6. The summed E-state index contributed by atoms with van der Waals surface area (Å²) in [5, 5.41) is 10.7. The summed E-state index contributed by atoms with van der Waals surface area (Å²) in [5.74, 6) is -0.893. The summed E-state index contributed by atoms with van der Waals surface area (Å²) in [4.78, 5) is 22.5. The summed E-state index contributed by atoms with van der Waals surface area (Å²) in [7, 11) is 1.87. The topological polar surface area (TPSA) is 118 Å². The molecule has 11 heteroatoms. The van der Waals surface area contributed by atoms with Gasteiger partial charge in [0.05, 0.1) is 22.2 Å². The Morgan fingerprint density at radius 1 is 0.952 bits per heavy atom. The van der Waals surface area contributed by atoms with Gasteiger partial charge in [0.1, 0.15) is 52.2 Å². The Labute approximate surface area is 236 Å². The van der Waals surface area contributed by atoms with Crippen molar-refractivity contribution < 1.29 is 13.2 Å². The van der Waals surface area contributed by atoms with E-state index in [2.05, 4.69) is 15.1 Å². The van der Waals surface area contributed by atoms with E-state index >= 15 is 0 Å². The van der Waals surface area contributed by atoms with Crippen LogP contribution in [0, 0.1) is 18.6 Å². The minimum absolute atomic E-state index is 0.0265. The Hall–Kier alpha value is -5.45. The van der Waals surface area contributed by atoms with Gasteiger partial charge in [0, 0.05) is 18.0 Å². The fourth-order valence-electron chi connectivity index (χ4n) is 5.59. The van der Waals surface area contributed by atoms with Crippen molar-refractivity contribution in [1.29, 1.82) is 0 Å². The molecule has 0 spiro atoms. The molecule has 2 N–H and O–H groups in total. The molecule has 7 aromatic rings. The molecule has 42 heavy (non-hydrogen) atoms. The van der Waals surface area contributed by atoms with Gasteiger partial charge >= 0.3 is 0 Å². The van der Waals surface area contributed by atoms with Crippen molar-refractivity contribution in [2.75, 3.05) is 5.73 Å². The van der Waals surface area contributed by atoms with Gasteiger partial charge in [-0.3, -0.25) is 9.48 Å². The van der Waals surface area contributed by atoms with Gasteiger partial charge in [0.2, 0.25) is 5.43 Å². The van der Waals surface area contributed by atoms with Crippen LogP contribution in [-0.2, 0) is 7.05 Å². The summed E-state index contributed by atoms with van der Waals surface area (Å²) < 4.78 is 38.8. The number of benzene rings is 3. The highest BCUT2D eigenvalue weighted by atomic mass is 19.1. The first-order valence-electron chi connectivity index (χ1n) is 13.2. The third-order valence-corrected chi connectivity index (χ3v) is 7.58. The Morgan fingerprint density at radius 2 is 1.76 bits per heavy atom. The van der Waals surface area contributed by atoms with Crippen molar-refractivity contribution in [3.05, 3.63) is 100 Å². The molecule has 0 saturated heterocycles. The number of rotatable bonds is 4. The summed E-state index contributed by atoms with van der Waals surface area (Å²) in [6.07, 6.45) is 1.33. The Balaban J connectivity index is 1.51. The number of fused-ring (bicyclic) bond motifs is 3. The molecule has 0 radical (unpaired) electrons. The van der Waals surface area contributed by atoms with Crippen molar-refractivity contribution >= 4 is 38.7 Å². The molecule has 3 aromatic carbocycles. The van der Waals surface area contributed by atoms with Gasteiger partial charge in [-0.25, -0.2) is 23.4 Å². The third-order valence-electron chi connectivity index (χ3n) is 7.58. The highest BCUT2D eigenvalue weighted by molar-refractivity contribution is 6.00. The van der Waals surface area contributed by atoms with E-state index in [4.69, 9.17) is 15.2 Å². The number of aromatic nitrogens is 6. The van der Waals surface area contributed by atoms with Crippen LogP contribution >= 0.6 is 0 Å². The van der Waals surface area contributed by atoms with Crippen LogP contribution in [0.15, 0.2) is 76.2 Å². The molecule has 0 bridgehead atoms. The summed E-state index contributed by atoms with van der Waals surface area (Å²) in [5.41, 5.74) is 9.58. The quantitative estimate of drug-likeness (QED) is 0.282. The molecule has 4 aromatic heterocycles. The maximum Gasteiger partial charge on any atom is 0.203 e. The molecule has 0 aliphatic carbocycles. The van der Waals surface area contributed by atoms with E-state index in [1.54, 1.807) is 22.4 Å². The molecule has 1 atom stereocenters. The molecule has 0 aliphatic heterocycles. The average Bonchev–Trinajstić information content (AvgIpc) is 3.50. The van der Waals surface area contributed by atoms with Crippen molar-refractivity contribution in [2.24, 2.45) is 7.05 Å². The monoisotopic (exact) mass is 563 g/mol. The zero-order chi connectivity index (χ0) is 29.3. The lowest BCUT2D eigenvalue weighted by Gasteiger charge is -2.17. The first kappa shape index (κ1) is 25.5. The Bertz CT molecular complexity index is 2270. The standard InChI is InChI=1S/C31H23F2N7O2/c1-15-20-11-10-18(13-22(20)39(3)37-15)27-26-30(34)35-14-36-31(26)40(38-27)16(2)29-24(17-6-4-7-19(32)12-17)28(41)25-21(33)8-5-9-23(25)42-29/h4-14,16H,1-3H3,(H2,34,35,36).